The molecule has 25 heavy (non-hydrogen) atoms. The maximum absolute atomic E-state index is 12.9. The zero-order valence-electron chi connectivity index (χ0n) is 14.4. The highest BCUT2D eigenvalue weighted by molar-refractivity contribution is 5.78. The van der Waals surface area contributed by atoms with Crippen molar-refractivity contribution in [3.8, 4) is 5.75 Å². The van der Waals surface area contributed by atoms with Crippen LogP contribution in [-0.2, 0) is 11.2 Å². The van der Waals surface area contributed by atoms with Crippen molar-refractivity contribution in [1.82, 2.24) is 15.1 Å². The van der Waals surface area contributed by atoms with E-state index in [-0.39, 0.29) is 30.3 Å². The Morgan fingerprint density at radius 1 is 1.36 bits per heavy atom. The van der Waals surface area contributed by atoms with Gasteiger partial charge >= 0.3 is 0 Å². The minimum atomic E-state index is -0.336. The number of hydrogen-bond acceptors (Lipinski definition) is 5. The van der Waals surface area contributed by atoms with E-state index < -0.39 is 0 Å². The third-order valence-corrected chi connectivity index (χ3v) is 4.59. The predicted molar refractivity (Wildman–Crippen MR) is 88.7 cm³/mol. The first-order valence-electron chi connectivity index (χ1n) is 8.58. The quantitative estimate of drug-likeness (QED) is 0.832. The maximum Gasteiger partial charge on any atom is 0.260 e. The molecule has 6 nitrogen and oxygen atoms in total. The third-order valence-electron chi connectivity index (χ3n) is 4.59. The Kier molecular flexibility index (Phi) is 5.31. The summed E-state index contributed by atoms with van der Waals surface area (Å²) in [6, 6.07) is 5.59. The Hall–Kier alpha value is -2.44. The maximum atomic E-state index is 12.9. The molecule has 0 bridgehead atoms. The van der Waals surface area contributed by atoms with Crippen LogP contribution in [0.2, 0.25) is 0 Å². The summed E-state index contributed by atoms with van der Waals surface area (Å²) < 4.78 is 24.1. The third kappa shape index (κ3) is 3.97. The number of rotatable bonds is 5. The lowest BCUT2D eigenvalue weighted by Crippen LogP contribution is -2.47. The van der Waals surface area contributed by atoms with E-state index in [2.05, 4.69) is 10.2 Å². The minimum Gasteiger partial charge on any atom is -0.484 e. The van der Waals surface area contributed by atoms with Crippen molar-refractivity contribution < 1.29 is 18.3 Å². The molecule has 1 fully saturated rings. The van der Waals surface area contributed by atoms with Crippen LogP contribution in [-0.4, -0.2) is 40.2 Å². The fraction of sp³-hybridized carbons (Fsp3) is 0.500. The molecule has 0 radical (unpaired) electrons. The number of carbonyl (C=O) groups excluding carboxylic acids is 1. The number of amides is 1. The Balaban J connectivity index is 1.62. The average molecular weight is 347 g/mol. The zero-order chi connectivity index (χ0) is 17.8. The SMILES string of the molecule is CCc1nnc([C@H]2CCCN(C(=O)COc3ccc(F)cc3)[C@H]2C)o1. The molecule has 2 heterocycles. The van der Waals surface area contributed by atoms with Crippen LogP contribution in [0.1, 0.15) is 44.4 Å². The van der Waals surface area contributed by atoms with Crippen molar-refractivity contribution in [3.05, 3.63) is 41.9 Å². The molecule has 1 saturated heterocycles. The van der Waals surface area contributed by atoms with Gasteiger partial charge < -0.3 is 14.1 Å². The van der Waals surface area contributed by atoms with E-state index in [1.54, 1.807) is 4.90 Å². The number of benzene rings is 1. The summed E-state index contributed by atoms with van der Waals surface area (Å²) in [5, 5.41) is 8.16. The molecule has 134 valence electrons. The van der Waals surface area contributed by atoms with Gasteiger partial charge in [-0.3, -0.25) is 4.79 Å². The summed E-state index contributed by atoms with van der Waals surface area (Å²) in [6.07, 6.45) is 2.48. The smallest absolute Gasteiger partial charge is 0.260 e. The zero-order valence-corrected chi connectivity index (χ0v) is 14.4. The molecule has 7 heteroatoms. The van der Waals surface area contributed by atoms with E-state index in [0.717, 1.165) is 12.8 Å². The lowest BCUT2D eigenvalue weighted by Gasteiger charge is -2.37. The van der Waals surface area contributed by atoms with Crippen molar-refractivity contribution >= 4 is 5.91 Å². The van der Waals surface area contributed by atoms with Gasteiger partial charge in [-0.1, -0.05) is 6.92 Å². The Morgan fingerprint density at radius 2 is 2.12 bits per heavy atom. The molecule has 0 saturated carbocycles. The number of aromatic nitrogens is 2. The molecule has 3 rings (SSSR count). The number of hydrogen-bond donors (Lipinski definition) is 0. The first-order valence-corrected chi connectivity index (χ1v) is 8.58. The van der Waals surface area contributed by atoms with Gasteiger partial charge in [0.15, 0.2) is 6.61 Å². The van der Waals surface area contributed by atoms with Gasteiger partial charge in [0.25, 0.3) is 5.91 Å². The van der Waals surface area contributed by atoms with E-state index in [1.807, 2.05) is 13.8 Å². The summed E-state index contributed by atoms with van der Waals surface area (Å²) in [6.45, 7) is 4.56. The van der Waals surface area contributed by atoms with Gasteiger partial charge in [0.05, 0.1) is 5.92 Å². The van der Waals surface area contributed by atoms with Gasteiger partial charge in [0.2, 0.25) is 11.8 Å². The molecule has 0 aliphatic carbocycles. The van der Waals surface area contributed by atoms with Gasteiger partial charge in [-0.15, -0.1) is 10.2 Å². The van der Waals surface area contributed by atoms with Crippen molar-refractivity contribution in [2.24, 2.45) is 0 Å². The van der Waals surface area contributed by atoms with Crippen LogP contribution < -0.4 is 4.74 Å². The van der Waals surface area contributed by atoms with Gasteiger partial charge in [-0.2, -0.15) is 0 Å². The van der Waals surface area contributed by atoms with Crippen LogP contribution in [0.3, 0.4) is 0 Å². The summed E-state index contributed by atoms with van der Waals surface area (Å²) in [4.78, 5) is 14.3. The molecule has 2 aromatic rings. The normalized spacial score (nSPS) is 20.5. The highest BCUT2D eigenvalue weighted by atomic mass is 19.1. The first-order chi connectivity index (χ1) is 12.1. The number of halogens is 1. The number of ether oxygens (including phenoxy) is 1. The summed E-state index contributed by atoms with van der Waals surface area (Å²) in [7, 11) is 0. The molecule has 2 atom stereocenters. The number of nitrogens with zero attached hydrogens (tertiary/aromatic N) is 3. The van der Waals surface area contributed by atoms with Gasteiger partial charge in [-0.25, -0.2) is 4.39 Å². The molecule has 1 aromatic carbocycles. The summed E-state index contributed by atoms with van der Waals surface area (Å²) in [5.74, 6) is 1.29. The number of carbonyl (C=O) groups is 1. The van der Waals surface area contributed by atoms with Crippen molar-refractivity contribution in [2.75, 3.05) is 13.2 Å². The van der Waals surface area contributed by atoms with Gasteiger partial charge in [-0.05, 0) is 44.0 Å². The number of aryl methyl sites for hydroxylation is 1. The molecule has 1 aromatic heterocycles. The van der Waals surface area contributed by atoms with E-state index in [1.165, 1.54) is 24.3 Å². The largest absolute Gasteiger partial charge is 0.484 e. The first kappa shape index (κ1) is 17.4. The molecule has 0 unspecified atom stereocenters. The second-order valence-corrected chi connectivity index (χ2v) is 6.21. The lowest BCUT2D eigenvalue weighted by atomic mass is 9.90. The lowest BCUT2D eigenvalue weighted by molar-refractivity contribution is -0.137. The second-order valence-electron chi connectivity index (χ2n) is 6.21. The number of piperidine rings is 1. The van der Waals surface area contributed by atoms with E-state index >= 15 is 0 Å². The molecular weight excluding hydrogens is 325 g/mol. The van der Waals surface area contributed by atoms with Crippen molar-refractivity contribution in [1.29, 1.82) is 0 Å². The van der Waals surface area contributed by atoms with Crippen molar-refractivity contribution in [3.63, 3.8) is 0 Å². The predicted octanol–water partition coefficient (Wildman–Crippen LogP) is 2.94. The highest BCUT2D eigenvalue weighted by Crippen LogP contribution is 2.32. The van der Waals surface area contributed by atoms with E-state index in [0.29, 0.717) is 30.5 Å². The molecule has 0 spiro atoms. The molecule has 1 amide bonds. The molecule has 1 aliphatic heterocycles. The van der Waals surface area contributed by atoms with E-state index in [4.69, 9.17) is 9.15 Å². The Labute approximate surface area is 146 Å². The average Bonchev–Trinajstić information content (AvgIpc) is 3.10. The van der Waals surface area contributed by atoms with Crippen LogP contribution in [0.25, 0.3) is 0 Å². The monoisotopic (exact) mass is 347 g/mol. The Bertz CT molecular complexity index is 717. The van der Waals surface area contributed by atoms with Crippen molar-refractivity contribution in [2.45, 2.75) is 45.1 Å². The summed E-state index contributed by atoms with van der Waals surface area (Å²) >= 11 is 0. The standard InChI is InChI=1S/C18H22FN3O3/c1-3-16-20-21-18(25-16)15-5-4-10-22(12(15)2)17(23)11-24-14-8-6-13(19)7-9-14/h6-9,12,15H,3-5,10-11H2,1-2H3/t12-,15-/m0/s1. The van der Waals surface area contributed by atoms with Crippen LogP contribution >= 0.6 is 0 Å². The summed E-state index contributed by atoms with van der Waals surface area (Å²) in [5.41, 5.74) is 0. The molecular formula is C18H22FN3O3. The van der Waals surface area contributed by atoms with Crippen LogP contribution in [0, 0.1) is 5.82 Å². The fourth-order valence-electron chi connectivity index (χ4n) is 3.14. The second kappa shape index (κ2) is 7.63. The van der Waals surface area contributed by atoms with Crippen LogP contribution in [0.5, 0.6) is 5.75 Å². The van der Waals surface area contributed by atoms with E-state index in [9.17, 15) is 9.18 Å². The fourth-order valence-corrected chi connectivity index (χ4v) is 3.14. The van der Waals surface area contributed by atoms with Crippen LogP contribution in [0.15, 0.2) is 28.7 Å². The number of likely N-dealkylation sites (tertiary alicyclic amines) is 1. The van der Waals surface area contributed by atoms with Crippen LogP contribution in [0.4, 0.5) is 4.39 Å². The highest BCUT2D eigenvalue weighted by Gasteiger charge is 2.35. The van der Waals surface area contributed by atoms with Gasteiger partial charge in [0.1, 0.15) is 11.6 Å². The molecule has 1 aliphatic rings. The molecule has 0 N–H and O–H groups in total. The Morgan fingerprint density at radius 3 is 2.80 bits per heavy atom. The topological polar surface area (TPSA) is 68.5 Å². The minimum absolute atomic E-state index is 0.0383. The van der Waals surface area contributed by atoms with Gasteiger partial charge in [0, 0.05) is 19.0 Å².